The highest BCUT2D eigenvalue weighted by Crippen LogP contribution is 2.23. The molecule has 0 unspecified atom stereocenters. The Kier molecular flexibility index (Phi) is 3.80. The van der Waals surface area contributed by atoms with Crippen molar-refractivity contribution in [3.05, 3.63) is 58.6 Å². The molecule has 1 N–H and O–H groups in total. The average Bonchev–Trinajstić information content (AvgIpc) is 2.28. The first-order valence-electron chi connectivity index (χ1n) is 5.01. The maximum atomic E-state index is 12.1. The van der Waals surface area contributed by atoms with Crippen molar-refractivity contribution in [2.75, 3.05) is 4.72 Å². The highest BCUT2D eigenvalue weighted by Gasteiger charge is 2.15. The standard InChI is InChI=1S/C12H9Cl2NO2S/c13-9-6-10(14)8-12(7-9)18(16,17)15-11-4-2-1-3-5-11/h1-8,15H. The van der Waals surface area contributed by atoms with Gasteiger partial charge in [-0.1, -0.05) is 41.4 Å². The molecule has 0 radical (unpaired) electrons. The molecule has 0 spiro atoms. The fourth-order valence-corrected chi connectivity index (χ4v) is 3.19. The lowest BCUT2D eigenvalue weighted by Crippen LogP contribution is -2.12. The van der Waals surface area contributed by atoms with Gasteiger partial charge in [-0.2, -0.15) is 0 Å². The first-order valence-corrected chi connectivity index (χ1v) is 7.25. The van der Waals surface area contributed by atoms with Gasteiger partial charge in [0.1, 0.15) is 0 Å². The Morgan fingerprint density at radius 2 is 1.44 bits per heavy atom. The lowest BCUT2D eigenvalue weighted by molar-refractivity contribution is 0.601. The van der Waals surface area contributed by atoms with Crippen LogP contribution in [0.4, 0.5) is 5.69 Å². The fraction of sp³-hybridized carbons (Fsp3) is 0. The van der Waals surface area contributed by atoms with Crippen LogP contribution in [0.25, 0.3) is 0 Å². The molecular weight excluding hydrogens is 293 g/mol. The van der Waals surface area contributed by atoms with Crippen molar-refractivity contribution < 1.29 is 8.42 Å². The molecule has 0 atom stereocenters. The summed E-state index contributed by atoms with van der Waals surface area (Å²) in [6.45, 7) is 0. The Bertz CT molecular complexity index is 637. The number of para-hydroxylation sites is 1. The minimum Gasteiger partial charge on any atom is -0.280 e. The van der Waals surface area contributed by atoms with Crippen LogP contribution in [0.5, 0.6) is 0 Å². The van der Waals surface area contributed by atoms with Crippen molar-refractivity contribution >= 4 is 38.9 Å². The Morgan fingerprint density at radius 1 is 0.889 bits per heavy atom. The van der Waals surface area contributed by atoms with Crippen molar-refractivity contribution in [3.8, 4) is 0 Å². The third-order valence-electron chi connectivity index (χ3n) is 2.17. The number of hydrogen-bond donors (Lipinski definition) is 1. The first kappa shape index (κ1) is 13.2. The summed E-state index contributed by atoms with van der Waals surface area (Å²) in [5.41, 5.74) is 0.480. The van der Waals surface area contributed by atoms with Gasteiger partial charge in [-0.25, -0.2) is 8.42 Å². The zero-order chi connectivity index (χ0) is 13.2. The van der Waals surface area contributed by atoms with Gasteiger partial charge >= 0.3 is 0 Å². The fourth-order valence-electron chi connectivity index (χ4n) is 1.40. The molecule has 0 aliphatic heterocycles. The van der Waals surface area contributed by atoms with E-state index in [0.717, 1.165) is 0 Å². The number of nitrogens with one attached hydrogen (secondary N) is 1. The van der Waals surface area contributed by atoms with Crippen molar-refractivity contribution in [2.45, 2.75) is 4.90 Å². The van der Waals surface area contributed by atoms with Gasteiger partial charge in [-0.15, -0.1) is 0 Å². The Balaban J connectivity index is 2.37. The molecule has 2 aromatic rings. The number of rotatable bonds is 3. The molecule has 6 heteroatoms. The predicted octanol–water partition coefficient (Wildman–Crippen LogP) is 3.79. The first-order chi connectivity index (χ1) is 8.47. The van der Waals surface area contributed by atoms with Gasteiger partial charge in [0.2, 0.25) is 0 Å². The second-order valence-electron chi connectivity index (χ2n) is 3.58. The van der Waals surface area contributed by atoms with Crippen LogP contribution in [-0.2, 0) is 10.0 Å². The number of sulfonamides is 1. The SMILES string of the molecule is O=S(=O)(Nc1ccccc1)c1cc(Cl)cc(Cl)c1. The molecule has 0 aliphatic rings. The summed E-state index contributed by atoms with van der Waals surface area (Å²) >= 11 is 11.6. The van der Waals surface area contributed by atoms with Crippen molar-refractivity contribution in [1.82, 2.24) is 0 Å². The second kappa shape index (κ2) is 5.18. The Labute approximate surface area is 115 Å². The molecule has 2 aromatic carbocycles. The van der Waals surface area contributed by atoms with Crippen LogP contribution in [0, 0.1) is 0 Å². The van der Waals surface area contributed by atoms with Crippen molar-refractivity contribution in [3.63, 3.8) is 0 Å². The summed E-state index contributed by atoms with van der Waals surface area (Å²) in [6.07, 6.45) is 0. The lowest BCUT2D eigenvalue weighted by atomic mass is 10.3. The summed E-state index contributed by atoms with van der Waals surface area (Å²) in [7, 11) is -3.68. The predicted molar refractivity (Wildman–Crippen MR) is 73.7 cm³/mol. The smallest absolute Gasteiger partial charge is 0.261 e. The van der Waals surface area contributed by atoms with Gasteiger partial charge in [0.25, 0.3) is 10.0 Å². The molecular formula is C12H9Cl2NO2S. The number of halogens is 2. The normalized spacial score (nSPS) is 11.2. The van der Waals surface area contributed by atoms with E-state index in [1.165, 1.54) is 18.2 Å². The van der Waals surface area contributed by atoms with E-state index in [4.69, 9.17) is 23.2 Å². The van der Waals surface area contributed by atoms with Gasteiger partial charge in [0, 0.05) is 15.7 Å². The van der Waals surface area contributed by atoms with Gasteiger partial charge in [0.15, 0.2) is 0 Å². The third-order valence-corrected chi connectivity index (χ3v) is 3.97. The Hall–Kier alpha value is -1.23. The maximum absolute atomic E-state index is 12.1. The second-order valence-corrected chi connectivity index (χ2v) is 6.13. The van der Waals surface area contributed by atoms with E-state index in [-0.39, 0.29) is 14.9 Å². The zero-order valence-electron chi connectivity index (χ0n) is 9.10. The molecule has 3 nitrogen and oxygen atoms in total. The Morgan fingerprint density at radius 3 is 2.00 bits per heavy atom. The average molecular weight is 302 g/mol. The number of hydrogen-bond acceptors (Lipinski definition) is 2. The van der Waals surface area contributed by atoms with E-state index in [0.29, 0.717) is 5.69 Å². The van der Waals surface area contributed by atoms with E-state index in [9.17, 15) is 8.42 Å². The van der Waals surface area contributed by atoms with E-state index >= 15 is 0 Å². The van der Waals surface area contributed by atoms with Gasteiger partial charge in [-0.3, -0.25) is 4.72 Å². The van der Waals surface area contributed by atoms with Crippen molar-refractivity contribution in [1.29, 1.82) is 0 Å². The molecule has 0 aromatic heterocycles. The van der Waals surface area contributed by atoms with Gasteiger partial charge in [0.05, 0.1) is 4.90 Å². The molecule has 2 rings (SSSR count). The molecule has 0 saturated heterocycles. The molecule has 0 bridgehead atoms. The number of benzene rings is 2. The third kappa shape index (κ3) is 3.16. The van der Waals surface area contributed by atoms with E-state index in [1.807, 2.05) is 0 Å². The molecule has 0 fully saturated rings. The molecule has 18 heavy (non-hydrogen) atoms. The van der Waals surface area contributed by atoms with Crippen LogP contribution in [0.15, 0.2) is 53.4 Å². The van der Waals surface area contributed by atoms with Gasteiger partial charge in [-0.05, 0) is 30.3 Å². The summed E-state index contributed by atoms with van der Waals surface area (Å²) < 4.78 is 26.6. The van der Waals surface area contributed by atoms with Gasteiger partial charge < -0.3 is 0 Å². The largest absolute Gasteiger partial charge is 0.280 e. The highest BCUT2D eigenvalue weighted by atomic mass is 35.5. The molecule has 0 saturated carbocycles. The number of anilines is 1. The van der Waals surface area contributed by atoms with E-state index in [2.05, 4.69) is 4.72 Å². The molecule has 94 valence electrons. The van der Waals surface area contributed by atoms with Crippen LogP contribution in [0.2, 0.25) is 10.0 Å². The van der Waals surface area contributed by atoms with Crippen LogP contribution < -0.4 is 4.72 Å². The van der Waals surface area contributed by atoms with E-state index < -0.39 is 10.0 Å². The quantitative estimate of drug-likeness (QED) is 0.937. The summed E-state index contributed by atoms with van der Waals surface area (Å²) in [6, 6.07) is 12.8. The van der Waals surface area contributed by atoms with Crippen LogP contribution >= 0.6 is 23.2 Å². The highest BCUT2D eigenvalue weighted by molar-refractivity contribution is 7.92. The van der Waals surface area contributed by atoms with E-state index in [1.54, 1.807) is 30.3 Å². The lowest BCUT2D eigenvalue weighted by Gasteiger charge is -2.08. The summed E-state index contributed by atoms with van der Waals surface area (Å²) in [4.78, 5) is 0.0313. The van der Waals surface area contributed by atoms with Crippen LogP contribution in [0.1, 0.15) is 0 Å². The maximum Gasteiger partial charge on any atom is 0.261 e. The topological polar surface area (TPSA) is 46.2 Å². The monoisotopic (exact) mass is 301 g/mol. The summed E-state index contributed by atoms with van der Waals surface area (Å²) in [5, 5.41) is 0.548. The molecule has 0 amide bonds. The van der Waals surface area contributed by atoms with Crippen LogP contribution in [0.3, 0.4) is 0 Å². The van der Waals surface area contributed by atoms with Crippen LogP contribution in [-0.4, -0.2) is 8.42 Å². The molecule has 0 heterocycles. The minimum atomic E-state index is -3.68. The zero-order valence-corrected chi connectivity index (χ0v) is 11.4. The van der Waals surface area contributed by atoms with Crippen molar-refractivity contribution in [2.24, 2.45) is 0 Å². The summed E-state index contributed by atoms with van der Waals surface area (Å²) in [5.74, 6) is 0. The minimum absolute atomic E-state index is 0.0313. The molecule has 0 aliphatic carbocycles.